The van der Waals surface area contributed by atoms with Crippen molar-refractivity contribution in [2.75, 3.05) is 13.2 Å². The van der Waals surface area contributed by atoms with E-state index in [1.807, 2.05) is 6.07 Å². The van der Waals surface area contributed by atoms with Crippen LogP contribution in [-0.4, -0.2) is 39.6 Å². The van der Waals surface area contributed by atoms with E-state index in [4.69, 9.17) is 9.72 Å². The Morgan fingerprint density at radius 2 is 1.94 bits per heavy atom. The van der Waals surface area contributed by atoms with E-state index in [2.05, 4.69) is 66.6 Å². The van der Waals surface area contributed by atoms with Crippen molar-refractivity contribution < 1.29 is 9.53 Å². The number of imidazole rings is 1. The molecule has 2 aromatic carbocycles. The Bertz CT molecular complexity index is 1150. The van der Waals surface area contributed by atoms with Crippen LogP contribution in [0.3, 0.4) is 0 Å². The summed E-state index contributed by atoms with van der Waals surface area (Å²) in [5.74, 6) is 3.04. The van der Waals surface area contributed by atoms with E-state index >= 15 is 0 Å². The summed E-state index contributed by atoms with van der Waals surface area (Å²) < 4.78 is 8.56. The highest BCUT2D eigenvalue weighted by Gasteiger charge is 2.41. The minimum Gasteiger partial charge on any atom is -0.493 e. The van der Waals surface area contributed by atoms with E-state index < -0.39 is 0 Å². The average Bonchev–Trinajstić information content (AvgIpc) is 3.46. The molecule has 1 aromatic heterocycles. The zero-order valence-electron chi connectivity index (χ0n) is 20.1. The van der Waals surface area contributed by atoms with Gasteiger partial charge in [-0.2, -0.15) is 0 Å². The summed E-state index contributed by atoms with van der Waals surface area (Å²) in [5.41, 5.74) is 4.71. The zero-order valence-corrected chi connectivity index (χ0v) is 20.1. The molecule has 174 valence electrons. The monoisotopic (exact) mass is 445 g/mol. The van der Waals surface area contributed by atoms with Crippen molar-refractivity contribution >= 4 is 16.9 Å². The summed E-state index contributed by atoms with van der Waals surface area (Å²) in [6.45, 7) is 8.96. The third kappa shape index (κ3) is 4.64. The van der Waals surface area contributed by atoms with Crippen LogP contribution in [-0.2, 0) is 11.3 Å². The fourth-order valence-electron chi connectivity index (χ4n) is 5.08. The Balaban J connectivity index is 1.25. The van der Waals surface area contributed by atoms with Crippen LogP contribution in [0.4, 0.5) is 0 Å². The lowest BCUT2D eigenvalue weighted by Gasteiger charge is -2.17. The second-order valence-electron chi connectivity index (χ2n) is 10.0. The Labute approximate surface area is 196 Å². The first-order valence-electron chi connectivity index (χ1n) is 12.5. The van der Waals surface area contributed by atoms with Crippen molar-refractivity contribution in [3.05, 3.63) is 59.4 Å². The number of fused-ring (bicyclic) bond motifs is 1. The fraction of sp³-hybridized carbons (Fsp3) is 0.500. The first-order chi connectivity index (χ1) is 16.0. The maximum Gasteiger partial charge on any atom is 0.223 e. The molecular formula is C28H35N3O2. The number of aromatic nitrogens is 2. The quantitative estimate of drug-likeness (QED) is 0.391. The molecule has 1 atom stereocenters. The SMILES string of the molecule is Cc1ccc(C(C)C)c(OCCCCn2c(C3CC(=O)N(C4CC4)C3)nc3ccccc32)c1. The van der Waals surface area contributed by atoms with E-state index in [1.54, 1.807) is 0 Å². The van der Waals surface area contributed by atoms with Gasteiger partial charge in [0.05, 0.1) is 17.6 Å². The van der Waals surface area contributed by atoms with Crippen molar-refractivity contribution in [3.8, 4) is 5.75 Å². The average molecular weight is 446 g/mol. The Kier molecular flexibility index (Phi) is 6.13. The second kappa shape index (κ2) is 9.20. The lowest BCUT2D eigenvalue weighted by atomic mass is 10.0. The van der Waals surface area contributed by atoms with Crippen molar-refractivity contribution in [2.24, 2.45) is 0 Å². The highest BCUT2D eigenvalue weighted by Crippen LogP contribution is 2.37. The number of hydrogen-bond donors (Lipinski definition) is 0. The van der Waals surface area contributed by atoms with E-state index in [9.17, 15) is 4.79 Å². The summed E-state index contributed by atoms with van der Waals surface area (Å²) in [6.07, 6.45) is 4.91. The number of para-hydroxylation sites is 2. The fourth-order valence-corrected chi connectivity index (χ4v) is 5.08. The molecule has 1 aliphatic carbocycles. The Morgan fingerprint density at radius 3 is 2.73 bits per heavy atom. The summed E-state index contributed by atoms with van der Waals surface area (Å²) in [6, 6.07) is 15.3. The van der Waals surface area contributed by atoms with Crippen molar-refractivity contribution in [1.29, 1.82) is 0 Å². The van der Waals surface area contributed by atoms with Crippen LogP contribution in [0, 0.1) is 6.92 Å². The van der Waals surface area contributed by atoms with Gasteiger partial charge in [0.15, 0.2) is 0 Å². The van der Waals surface area contributed by atoms with Crippen molar-refractivity contribution in [3.63, 3.8) is 0 Å². The van der Waals surface area contributed by atoms with Gasteiger partial charge in [-0.1, -0.05) is 38.1 Å². The third-order valence-electron chi connectivity index (χ3n) is 7.02. The molecule has 1 saturated carbocycles. The maximum atomic E-state index is 12.6. The predicted molar refractivity (Wildman–Crippen MR) is 132 cm³/mol. The summed E-state index contributed by atoms with van der Waals surface area (Å²) in [5, 5.41) is 0. The molecule has 0 radical (unpaired) electrons. The number of ether oxygens (including phenoxy) is 1. The number of benzene rings is 2. The molecule has 5 nitrogen and oxygen atoms in total. The number of amides is 1. The van der Waals surface area contributed by atoms with Crippen LogP contribution in [0.25, 0.3) is 11.0 Å². The molecule has 1 aliphatic heterocycles. The topological polar surface area (TPSA) is 47.4 Å². The summed E-state index contributed by atoms with van der Waals surface area (Å²) in [4.78, 5) is 19.6. The van der Waals surface area contributed by atoms with Gasteiger partial charge >= 0.3 is 0 Å². The summed E-state index contributed by atoms with van der Waals surface area (Å²) >= 11 is 0. The van der Waals surface area contributed by atoms with Gasteiger partial charge in [-0.05, 0) is 67.9 Å². The molecule has 0 spiro atoms. The predicted octanol–water partition coefficient (Wildman–Crippen LogP) is 5.81. The van der Waals surface area contributed by atoms with E-state index in [0.717, 1.165) is 55.9 Å². The van der Waals surface area contributed by atoms with Gasteiger partial charge in [-0.25, -0.2) is 4.98 Å². The summed E-state index contributed by atoms with van der Waals surface area (Å²) in [7, 11) is 0. The molecule has 5 rings (SSSR count). The standard InChI is InChI=1S/C28H35N3O2/c1-19(2)23-13-10-20(3)16-26(23)33-15-7-6-14-30-25-9-5-4-8-24(25)29-28(30)21-17-27(32)31(18-21)22-11-12-22/h4-5,8-10,13,16,19,21-22H,6-7,11-12,14-15,17-18H2,1-3H3. The van der Waals surface area contributed by atoms with E-state index in [0.29, 0.717) is 30.9 Å². The minimum absolute atomic E-state index is 0.197. The van der Waals surface area contributed by atoms with Crippen LogP contribution in [0.2, 0.25) is 0 Å². The first-order valence-corrected chi connectivity index (χ1v) is 12.5. The zero-order chi connectivity index (χ0) is 22.9. The Morgan fingerprint density at radius 1 is 1.12 bits per heavy atom. The van der Waals surface area contributed by atoms with Gasteiger partial charge in [0, 0.05) is 31.5 Å². The highest BCUT2D eigenvalue weighted by atomic mass is 16.5. The van der Waals surface area contributed by atoms with Crippen molar-refractivity contribution in [1.82, 2.24) is 14.5 Å². The first kappa shape index (κ1) is 22.0. The van der Waals surface area contributed by atoms with Gasteiger partial charge in [0.1, 0.15) is 11.6 Å². The number of carbonyl (C=O) groups excluding carboxylic acids is 1. The lowest BCUT2D eigenvalue weighted by molar-refractivity contribution is -0.128. The van der Waals surface area contributed by atoms with Crippen LogP contribution < -0.4 is 4.74 Å². The maximum absolute atomic E-state index is 12.6. The number of aryl methyl sites for hydroxylation is 2. The number of unbranched alkanes of at least 4 members (excludes halogenated alkanes) is 1. The Hall–Kier alpha value is -2.82. The number of rotatable bonds is 9. The van der Waals surface area contributed by atoms with Crippen LogP contribution in [0.1, 0.15) is 74.7 Å². The molecule has 1 unspecified atom stereocenters. The second-order valence-corrected chi connectivity index (χ2v) is 10.0. The van der Waals surface area contributed by atoms with Gasteiger partial charge < -0.3 is 14.2 Å². The lowest BCUT2D eigenvalue weighted by Crippen LogP contribution is -2.27. The molecule has 2 aliphatic rings. The van der Waals surface area contributed by atoms with Gasteiger partial charge in [-0.3, -0.25) is 4.79 Å². The normalized spacial score (nSPS) is 18.6. The number of carbonyl (C=O) groups is 1. The minimum atomic E-state index is 0.197. The van der Waals surface area contributed by atoms with Gasteiger partial charge in [0.2, 0.25) is 5.91 Å². The van der Waals surface area contributed by atoms with Gasteiger partial charge in [0.25, 0.3) is 0 Å². The van der Waals surface area contributed by atoms with E-state index in [1.165, 1.54) is 16.6 Å². The molecule has 2 heterocycles. The molecular weight excluding hydrogens is 410 g/mol. The molecule has 3 aromatic rings. The molecule has 0 N–H and O–H groups in total. The third-order valence-corrected chi connectivity index (χ3v) is 7.02. The molecule has 5 heteroatoms. The number of nitrogens with zero attached hydrogens (tertiary/aromatic N) is 3. The van der Waals surface area contributed by atoms with Crippen LogP contribution in [0.15, 0.2) is 42.5 Å². The van der Waals surface area contributed by atoms with E-state index in [-0.39, 0.29) is 5.92 Å². The molecule has 2 fully saturated rings. The molecule has 1 amide bonds. The highest BCUT2D eigenvalue weighted by molar-refractivity contribution is 5.81. The smallest absolute Gasteiger partial charge is 0.223 e. The molecule has 0 bridgehead atoms. The van der Waals surface area contributed by atoms with Gasteiger partial charge in [-0.15, -0.1) is 0 Å². The number of likely N-dealkylation sites (tertiary alicyclic amines) is 1. The van der Waals surface area contributed by atoms with Crippen LogP contribution in [0.5, 0.6) is 5.75 Å². The number of hydrogen-bond acceptors (Lipinski definition) is 3. The molecule has 1 saturated heterocycles. The van der Waals surface area contributed by atoms with Crippen molar-refractivity contribution in [2.45, 2.75) is 77.3 Å². The largest absolute Gasteiger partial charge is 0.493 e. The van der Waals surface area contributed by atoms with Crippen LogP contribution >= 0.6 is 0 Å². The molecule has 33 heavy (non-hydrogen) atoms.